The average Bonchev–Trinajstić information content (AvgIpc) is 3.84. The number of nitrogens with zero attached hydrogens (tertiary/aromatic N) is 2. The van der Waals surface area contributed by atoms with Gasteiger partial charge in [0.1, 0.15) is 0 Å². The van der Waals surface area contributed by atoms with E-state index in [4.69, 9.17) is 0 Å². The van der Waals surface area contributed by atoms with E-state index < -0.39 is 5.41 Å². The summed E-state index contributed by atoms with van der Waals surface area (Å²) < 4.78 is 0. The number of allylic oxidation sites excluding steroid dienone is 2. The fraction of sp³-hybridized carbons (Fsp3) is 0.0508. The van der Waals surface area contributed by atoms with Crippen molar-refractivity contribution in [1.29, 1.82) is 0 Å². The van der Waals surface area contributed by atoms with Crippen LogP contribution in [0, 0.1) is 0 Å². The second kappa shape index (κ2) is 14.3. The lowest BCUT2D eigenvalue weighted by Gasteiger charge is -2.34. The van der Waals surface area contributed by atoms with Gasteiger partial charge in [0.2, 0.25) is 0 Å². The van der Waals surface area contributed by atoms with Gasteiger partial charge in [0.15, 0.2) is 0 Å². The van der Waals surface area contributed by atoms with Crippen molar-refractivity contribution in [3.05, 3.63) is 271 Å². The lowest BCUT2D eigenvalue weighted by molar-refractivity contribution is 0.745. The number of hydrogen-bond acceptors (Lipinski definition) is 2. The van der Waals surface area contributed by atoms with Crippen LogP contribution in [0.4, 0.5) is 28.4 Å². The van der Waals surface area contributed by atoms with Crippen LogP contribution in [0.3, 0.4) is 0 Å². The van der Waals surface area contributed by atoms with Crippen LogP contribution in [-0.2, 0) is 5.41 Å². The van der Waals surface area contributed by atoms with Gasteiger partial charge in [-0.2, -0.15) is 0 Å². The standard InChI is InChI=1S/C59H42N2/c1-2-17-43(18-3-1)59(55-25-10-6-20-51(55)52-21-7-11-26-56(52)59)44-31-35-46(36-32-44)60(45-33-29-42(30-34-45)50-24-14-16-41-15-4-5-19-49(41)50)47-37-39-48(40-38-47)61-57-27-12-8-22-53(57)54-23-9-13-28-58(54)61/h1-40,53,57H. The first kappa shape index (κ1) is 35.3. The molecule has 61 heavy (non-hydrogen) atoms. The molecule has 0 bridgehead atoms. The molecule has 0 fully saturated rings. The van der Waals surface area contributed by atoms with Gasteiger partial charge in [-0.15, -0.1) is 0 Å². The highest BCUT2D eigenvalue weighted by Crippen LogP contribution is 2.56. The van der Waals surface area contributed by atoms with Crippen LogP contribution in [-0.4, -0.2) is 6.04 Å². The van der Waals surface area contributed by atoms with E-state index in [2.05, 4.69) is 252 Å². The van der Waals surface area contributed by atoms with Crippen molar-refractivity contribution in [2.45, 2.75) is 17.4 Å². The predicted molar refractivity (Wildman–Crippen MR) is 255 cm³/mol. The minimum atomic E-state index is -0.452. The Morgan fingerprint density at radius 3 is 1.69 bits per heavy atom. The number of hydrogen-bond donors (Lipinski definition) is 0. The molecule has 2 aliphatic carbocycles. The quantitative estimate of drug-likeness (QED) is 0.159. The molecule has 12 rings (SSSR count). The van der Waals surface area contributed by atoms with Crippen molar-refractivity contribution in [1.82, 2.24) is 0 Å². The number of para-hydroxylation sites is 1. The van der Waals surface area contributed by atoms with E-state index in [1.165, 1.54) is 72.2 Å². The van der Waals surface area contributed by atoms with Crippen LogP contribution in [0.5, 0.6) is 0 Å². The summed E-state index contributed by atoms with van der Waals surface area (Å²) in [5.41, 5.74) is 16.9. The smallest absolute Gasteiger partial charge is 0.0713 e. The molecule has 288 valence electrons. The van der Waals surface area contributed by atoms with E-state index in [0.717, 1.165) is 17.1 Å². The van der Waals surface area contributed by atoms with E-state index in [1.807, 2.05) is 0 Å². The summed E-state index contributed by atoms with van der Waals surface area (Å²) in [6, 6.07) is 80.9. The lowest BCUT2D eigenvalue weighted by Crippen LogP contribution is -2.28. The van der Waals surface area contributed by atoms with Gasteiger partial charge in [-0.1, -0.05) is 188 Å². The first-order chi connectivity index (χ1) is 30.3. The van der Waals surface area contributed by atoms with Crippen LogP contribution in [0.2, 0.25) is 0 Å². The van der Waals surface area contributed by atoms with E-state index in [-0.39, 0.29) is 6.04 Å². The molecule has 0 saturated carbocycles. The highest BCUT2D eigenvalue weighted by atomic mass is 15.2. The summed E-state index contributed by atoms with van der Waals surface area (Å²) in [5, 5.41) is 2.51. The maximum absolute atomic E-state index is 2.50. The molecule has 0 aromatic heterocycles. The number of anilines is 5. The van der Waals surface area contributed by atoms with Crippen molar-refractivity contribution in [2.24, 2.45) is 0 Å². The van der Waals surface area contributed by atoms with Gasteiger partial charge in [0.25, 0.3) is 0 Å². The Kier molecular flexibility index (Phi) is 8.24. The van der Waals surface area contributed by atoms with Gasteiger partial charge in [0, 0.05) is 34.4 Å². The van der Waals surface area contributed by atoms with Gasteiger partial charge >= 0.3 is 0 Å². The molecule has 0 amide bonds. The summed E-state index contributed by atoms with van der Waals surface area (Å²) >= 11 is 0. The summed E-state index contributed by atoms with van der Waals surface area (Å²) in [4.78, 5) is 4.90. The summed E-state index contributed by atoms with van der Waals surface area (Å²) in [5.74, 6) is 0.342. The molecule has 3 aliphatic rings. The molecule has 1 aliphatic heterocycles. The molecule has 2 nitrogen and oxygen atoms in total. The Hall–Kier alpha value is -7.68. The Bertz CT molecular complexity index is 3090. The maximum atomic E-state index is 2.50. The first-order valence-electron chi connectivity index (χ1n) is 21.3. The maximum Gasteiger partial charge on any atom is 0.0713 e. The van der Waals surface area contributed by atoms with E-state index >= 15 is 0 Å². The monoisotopic (exact) mass is 778 g/mol. The molecule has 0 N–H and O–H groups in total. The summed E-state index contributed by atoms with van der Waals surface area (Å²) in [6.45, 7) is 0. The van der Waals surface area contributed by atoms with Gasteiger partial charge in [0.05, 0.1) is 11.5 Å². The van der Waals surface area contributed by atoms with E-state index in [0.29, 0.717) is 5.92 Å². The van der Waals surface area contributed by atoms with Crippen molar-refractivity contribution >= 4 is 39.2 Å². The molecule has 1 heterocycles. The molecule has 0 saturated heterocycles. The highest BCUT2D eigenvalue weighted by Gasteiger charge is 2.46. The SMILES string of the molecule is C1=CC2c3ccccc3N(c3ccc(N(c4ccc(-c5cccc6ccccc56)cc4)c4ccc(C5(c6ccccc6)c6ccccc6-c6ccccc65)cc4)cc3)C2C=C1. The Morgan fingerprint density at radius 2 is 0.951 bits per heavy atom. The predicted octanol–water partition coefficient (Wildman–Crippen LogP) is 15.1. The second-order valence-electron chi connectivity index (χ2n) is 16.4. The number of benzene rings is 9. The fourth-order valence-electron chi connectivity index (χ4n) is 10.6. The van der Waals surface area contributed by atoms with Crippen molar-refractivity contribution < 1.29 is 0 Å². The van der Waals surface area contributed by atoms with Gasteiger partial charge in [-0.3, -0.25) is 0 Å². The van der Waals surface area contributed by atoms with Crippen molar-refractivity contribution in [2.75, 3.05) is 9.80 Å². The molecular weight excluding hydrogens is 737 g/mol. The second-order valence-corrected chi connectivity index (χ2v) is 16.4. The Balaban J connectivity index is 0.986. The summed E-state index contributed by atoms with van der Waals surface area (Å²) in [6.07, 6.45) is 9.06. The van der Waals surface area contributed by atoms with Gasteiger partial charge < -0.3 is 9.80 Å². The zero-order valence-corrected chi connectivity index (χ0v) is 33.6. The third-order valence-electron chi connectivity index (χ3n) is 13.3. The zero-order valence-electron chi connectivity index (χ0n) is 33.6. The third kappa shape index (κ3) is 5.49. The van der Waals surface area contributed by atoms with Crippen molar-refractivity contribution in [3.8, 4) is 22.3 Å². The molecule has 9 aromatic carbocycles. The Labute approximate surface area is 357 Å². The average molecular weight is 779 g/mol. The highest BCUT2D eigenvalue weighted by molar-refractivity contribution is 5.97. The lowest BCUT2D eigenvalue weighted by atomic mass is 9.68. The molecule has 2 heteroatoms. The third-order valence-corrected chi connectivity index (χ3v) is 13.3. The van der Waals surface area contributed by atoms with Crippen LogP contribution in [0.15, 0.2) is 243 Å². The molecular formula is C59H42N2. The van der Waals surface area contributed by atoms with Gasteiger partial charge in [-0.05, 0) is 115 Å². The molecule has 0 spiro atoms. The zero-order chi connectivity index (χ0) is 40.3. The van der Waals surface area contributed by atoms with Crippen LogP contribution in [0.1, 0.15) is 33.7 Å². The van der Waals surface area contributed by atoms with Gasteiger partial charge in [-0.25, -0.2) is 0 Å². The fourth-order valence-corrected chi connectivity index (χ4v) is 10.6. The van der Waals surface area contributed by atoms with Crippen LogP contribution >= 0.6 is 0 Å². The van der Waals surface area contributed by atoms with E-state index in [9.17, 15) is 0 Å². The number of rotatable bonds is 7. The Morgan fingerprint density at radius 1 is 0.410 bits per heavy atom. The van der Waals surface area contributed by atoms with E-state index in [1.54, 1.807) is 0 Å². The summed E-state index contributed by atoms with van der Waals surface area (Å²) in [7, 11) is 0. The van der Waals surface area contributed by atoms with Crippen LogP contribution in [0.25, 0.3) is 33.0 Å². The normalized spacial score (nSPS) is 16.5. The molecule has 2 atom stereocenters. The minimum absolute atomic E-state index is 0.251. The van der Waals surface area contributed by atoms with Crippen molar-refractivity contribution in [3.63, 3.8) is 0 Å². The number of fused-ring (bicyclic) bond motifs is 7. The van der Waals surface area contributed by atoms with Crippen LogP contribution < -0.4 is 9.80 Å². The molecule has 9 aromatic rings. The first-order valence-corrected chi connectivity index (χ1v) is 21.3. The topological polar surface area (TPSA) is 6.48 Å². The molecule has 2 unspecified atom stereocenters. The molecule has 0 radical (unpaired) electrons. The largest absolute Gasteiger partial charge is 0.333 e. The minimum Gasteiger partial charge on any atom is -0.333 e.